The van der Waals surface area contributed by atoms with Crippen LogP contribution in [0.3, 0.4) is 0 Å². The minimum atomic E-state index is -0.289. The van der Waals surface area contributed by atoms with Crippen molar-refractivity contribution in [3.63, 3.8) is 0 Å². The second-order valence-electron chi connectivity index (χ2n) is 5.47. The monoisotopic (exact) mass is 269 g/mol. The van der Waals surface area contributed by atoms with Crippen LogP contribution in [0.2, 0.25) is 5.02 Å². The van der Waals surface area contributed by atoms with Crippen LogP contribution >= 0.6 is 11.6 Å². The largest absolute Gasteiger partial charge is 0.310 e. The Morgan fingerprint density at radius 3 is 2.89 bits per heavy atom. The molecule has 18 heavy (non-hydrogen) atoms. The van der Waals surface area contributed by atoms with Crippen molar-refractivity contribution in [2.24, 2.45) is 11.8 Å². The number of rotatable bonds is 3. The lowest BCUT2D eigenvalue weighted by molar-refractivity contribution is 0.205. The van der Waals surface area contributed by atoms with Crippen molar-refractivity contribution >= 4 is 11.6 Å². The zero-order valence-electron chi connectivity index (χ0n) is 11.0. The molecule has 1 fully saturated rings. The van der Waals surface area contributed by atoms with Crippen LogP contribution in [0.1, 0.15) is 38.7 Å². The molecule has 3 unspecified atom stereocenters. The predicted molar refractivity (Wildman–Crippen MR) is 74.2 cm³/mol. The summed E-state index contributed by atoms with van der Waals surface area (Å²) in [6.07, 6.45) is 3.76. The van der Waals surface area contributed by atoms with E-state index in [9.17, 15) is 4.39 Å². The third kappa shape index (κ3) is 3.04. The van der Waals surface area contributed by atoms with Gasteiger partial charge in [0.05, 0.1) is 5.02 Å². The number of nitrogens with one attached hydrogen (secondary N) is 1. The summed E-state index contributed by atoms with van der Waals surface area (Å²) in [4.78, 5) is 0. The molecule has 3 atom stereocenters. The Hall–Kier alpha value is -0.600. The van der Waals surface area contributed by atoms with Gasteiger partial charge in [-0.2, -0.15) is 0 Å². The maximum atomic E-state index is 13.8. The van der Waals surface area contributed by atoms with E-state index in [4.69, 9.17) is 11.6 Å². The molecule has 1 nitrogen and oxygen atoms in total. The third-order valence-corrected chi connectivity index (χ3v) is 4.59. The molecule has 1 aromatic carbocycles. The summed E-state index contributed by atoms with van der Waals surface area (Å²) < 4.78 is 13.8. The van der Waals surface area contributed by atoms with E-state index in [0.717, 1.165) is 5.92 Å². The van der Waals surface area contributed by atoms with Crippen LogP contribution < -0.4 is 5.32 Å². The molecule has 1 aliphatic rings. The summed E-state index contributed by atoms with van der Waals surface area (Å²) in [6, 6.07) is 5.68. The summed E-state index contributed by atoms with van der Waals surface area (Å²) >= 11 is 5.78. The number of benzene rings is 1. The Morgan fingerprint density at radius 1 is 1.33 bits per heavy atom. The molecule has 0 saturated heterocycles. The molecule has 1 saturated carbocycles. The van der Waals surface area contributed by atoms with Gasteiger partial charge in [-0.1, -0.05) is 50.4 Å². The molecule has 0 heterocycles. The maximum Gasteiger partial charge on any atom is 0.146 e. The second-order valence-corrected chi connectivity index (χ2v) is 5.87. The first-order valence-electron chi connectivity index (χ1n) is 6.76. The zero-order chi connectivity index (χ0) is 13.1. The fourth-order valence-electron chi connectivity index (χ4n) is 2.80. The molecule has 0 bridgehead atoms. The molecule has 0 amide bonds. The molecule has 0 spiro atoms. The first-order valence-corrected chi connectivity index (χ1v) is 7.13. The van der Waals surface area contributed by atoms with E-state index in [1.54, 1.807) is 18.2 Å². The van der Waals surface area contributed by atoms with Gasteiger partial charge < -0.3 is 5.32 Å². The third-order valence-electron chi connectivity index (χ3n) is 4.29. The lowest BCUT2D eigenvalue weighted by Gasteiger charge is -2.34. The van der Waals surface area contributed by atoms with Crippen molar-refractivity contribution in [2.45, 2.75) is 45.7 Å². The SMILES string of the molecule is CC1CCCC(NCc2cccc(Cl)c2F)C1C. The van der Waals surface area contributed by atoms with Gasteiger partial charge in [0, 0.05) is 18.2 Å². The highest BCUT2D eigenvalue weighted by Crippen LogP contribution is 2.29. The predicted octanol–water partition coefficient (Wildman–Crippen LogP) is 4.39. The van der Waals surface area contributed by atoms with Gasteiger partial charge in [0.25, 0.3) is 0 Å². The Kier molecular flexibility index (Phi) is 4.63. The Balaban J connectivity index is 1.97. The zero-order valence-corrected chi connectivity index (χ0v) is 11.8. The van der Waals surface area contributed by atoms with E-state index >= 15 is 0 Å². The fraction of sp³-hybridized carbons (Fsp3) is 0.600. The van der Waals surface area contributed by atoms with Crippen LogP contribution in [0.15, 0.2) is 18.2 Å². The molecular formula is C15H21ClFN. The maximum absolute atomic E-state index is 13.8. The minimum Gasteiger partial charge on any atom is -0.310 e. The molecular weight excluding hydrogens is 249 g/mol. The van der Waals surface area contributed by atoms with Gasteiger partial charge in [0.1, 0.15) is 5.82 Å². The van der Waals surface area contributed by atoms with Crippen molar-refractivity contribution < 1.29 is 4.39 Å². The highest BCUT2D eigenvalue weighted by atomic mass is 35.5. The first kappa shape index (κ1) is 13.8. The Morgan fingerprint density at radius 2 is 2.11 bits per heavy atom. The van der Waals surface area contributed by atoms with Gasteiger partial charge >= 0.3 is 0 Å². The van der Waals surface area contributed by atoms with E-state index in [1.165, 1.54) is 19.3 Å². The van der Waals surface area contributed by atoms with Crippen LogP contribution in [0.4, 0.5) is 4.39 Å². The fourth-order valence-corrected chi connectivity index (χ4v) is 2.99. The molecule has 1 aliphatic carbocycles. The van der Waals surface area contributed by atoms with Crippen LogP contribution in [-0.2, 0) is 6.54 Å². The summed E-state index contributed by atoms with van der Waals surface area (Å²) in [7, 11) is 0. The topological polar surface area (TPSA) is 12.0 Å². The molecule has 0 aliphatic heterocycles. The average molecular weight is 270 g/mol. The van der Waals surface area contributed by atoms with Gasteiger partial charge in [-0.15, -0.1) is 0 Å². The van der Waals surface area contributed by atoms with E-state index < -0.39 is 0 Å². The minimum absolute atomic E-state index is 0.208. The smallest absolute Gasteiger partial charge is 0.146 e. The van der Waals surface area contributed by atoms with Gasteiger partial charge in [0.2, 0.25) is 0 Å². The van der Waals surface area contributed by atoms with E-state index in [0.29, 0.717) is 24.1 Å². The number of hydrogen-bond acceptors (Lipinski definition) is 1. The van der Waals surface area contributed by atoms with Crippen molar-refractivity contribution in [3.05, 3.63) is 34.6 Å². The highest BCUT2D eigenvalue weighted by molar-refractivity contribution is 6.30. The Labute approximate surface area is 114 Å². The summed E-state index contributed by atoms with van der Waals surface area (Å²) in [5.74, 6) is 1.12. The van der Waals surface area contributed by atoms with Gasteiger partial charge in [-0.25, -0.2) is 4.39 Å². The lowest BCUT2D eigenvalue weighted by atomic mass is 9.78. The first-order chi connectivity index (χ1) is 8.59. The van der Waals surface area contributed by atoms with E-state index in [1.807, 2.05) is 0 Å². The van der Waals surface area contributed by atoms with E-state index in [-0.39, 0.29) is 10.8 Å². The van der Waals surface area contributed by atoms with Crippen molar-refractivity contribution in [2.75, 3.05) is 0 Å². The molecule has 100 valence electrons. The summed E-state index contributed by atoms with van der Waals surface area (Å²) in [6.45, 7) is 5.16. The van der Waals surface area contributed by atoms with Crippen LogP contribution in [0.25, 0.3) is 0 Å². The molecule has 3 heteroatoms. The molecule has 2 rings (SSSR count). The van der Waals surface area contributed by atoms with Gasteiger partial charge in [0.15, 0.2) is 0 Å². The van der Waals surface area contributed by atoms with Crippen molar-refractivity contribution in [1.29, 1.82) is 0 Å². The van der Waals surface area contributed by atoms with Crippen LogP contribution in [0, 0.1) is 17.7 Å². The average Bonchev–Trinajstić information content (AvgIpc) is 2.36. The number of hydrogen-bond donors (Lipinski definition) is 1. The van der Waals surface area contributed by atoms with Gasteiger partial charge in [-0.3, -0.25) is 0 Å². The second kappa shape index (κ2) is 6.03. The standard InChI is InChI=1S/C15H21ClFN/c1-10-5-3-8-14(11(10)2)18-9-12-6-4-7-13(16)15(12)17/h4,6-7,10-11,14,18H,3,5,8-9H2,1-2H3. The van der Waals surface area contributed by atoms with Crippen molar-refractivity contribution in [1.82, 2.24) is 5.32 Å². The molecule has 0 aromatic heterocycles. The van der Waals surface area contributed by atoms with Gasteiger partial charge in [-0.05, 0) is 24.3 Å². The molecule has 0 radical (unpaired) electrons. The molecule has 1 N–H and O–H groups in total. The molecule has 1 aromatic rings. The van der Waals surface area contributed by atoms with Crippen molar-refractivity contribution in [3.8, 4) is 0 Å². The summed E-state index contributed by atoms with van der Waals surface area (Å²) in [5.41, 5.74) is 0.660. The van der Waals surface area contributed by atoms with E-state index in [2.05, 4.69) is 19.2 Å². The number of halogens is 2. The van der Waals surface area contributed by atoms with Crippen LogP contribution in [-0.4, -0.2) is 6.04 Å². The summed E-state index contributed by atoms with van der Waals surface area (Å²) in [5, 5.41) is 3.70. The lowest BCUT2D eigenvalue weighted by Crippen LogP contribution is -2.40. The highest BCUT2D eigenvalue weighted by Gasteiger charge is 2.26. The quantitative estimate of drug-likeness (QED) is 0.858. The van der Waals surface area contributed by atoms with Crippen LogP contribution in [0.5, 0.6) is 0 Å². The Bertz CT molecular complexity index is 407. The normalized spacial score (nSPS) is 28.3.